The van der Waals surface area contributed by atoms with Crippen molar-refractivity contribution in [2.45, 2.75) is 65.0 Å². The van der Waals surface area contributed by atoms with Gasteiger partial charge in [0.1, 0.15) is 5.82 Å². The monoisotopic (exact) mass is 436 g/mol. The number of likely N-dealkylation sites (tertiary alicyclic amines) is 1. The van der Waals surface area contributed by atoms with Gasteiger partial charge in [0.25, 0.3) is 0 Å². The van der Waals surface area contributed by atoms with Gasteiger partial charge in [0.2, 0.25) is 5.95 Å². The van der Waals surface area contributed by atoms with Crippen LogP contribution in [0.1, 0.15) is 57.9 Å². The summed E-state index contributed by atoms with van der Waals surface area (Å²) in [6.07, 6.45) is 9.60. The van der Waals surface area contributed by atoms with Crippen LogP contribution in [0.2, 0.25) is 0 Å². The van der Waals surface area contributed by atoms with E-state index in [1.54, 1.807) is 0 Å². The predicted octanol–water partition coefficient (Wildman–Crippen LogP) is 4.78. The van der Waals surface area contributed by atoms with Gasteiger partial charge in [-0.25, -0.2) is 4.98 Å². The summed E-state index contributed by atoms with van der Waals surface area (Å²) in [6.45, 7) is 11.8. The Morgan fingerprint density at radius 1 is 0.938 bits per heavy atom. The fraction of sp³-hybridized carbons (Fsp3) is 0.615. The topological polar surface area (TPSA) is 47.5 Å². The van der Waals surface area contributed by atoms with E-state index in [2.05, 4.69) is 69.2 Å². The second-order valence-electron chi connectivity index (χ2n) is 9.13. The molecule has 0 radical (unpaired) electrons. The molecule has 1 aromatic heterocycles. The molecule has 174 valence electrons. The van der Waals surface area contributed by atoms with Gasteiger partial charge in [-0.2, -0.15) is 4.98 Å². The number of anilines is 3. The molecule has 1 N–H and O–H groups in total. The second-order valence-corrected chi connectivity index (χ2v) is 9.13. The van der Waals surface area contributed by atoms with Crippen molar-refractivity contribution in [1.82, 2.24) is 14.9 Å². The highest BCUT2D eigenvalue weighted by atomic mass is 15.2. The number of benzene rings is 1. The minimum Gasteiger partial charge on any atom is -0.372 e. The van der Waals surface area contributed by atoms with Crippen molar-refractivity contribution in [2.24, 2.45) is 0 Å². The zero-order valence-corrected chi connectivity index (χ0v) is 20.0. The number of nitrogens with one attached hydrogen (secondary N) is 1. The van der Waals surface area contributed by atoms with Gasteiger partial charge in [-0.3, -0.25) is 4.90 Å². The Morgan fingerprint density at radius 2 is 1.69 bits per heavy atom. The van der Waals surface area contributed by atoms with E-state index in [9.17, 15) is 0 Å². The van der Waals surface area contributed by atoms with Gasteiger partial charge in [0.15, 0.2) is 0 Å². The molecule has 2 saturated heterocycles. The number of aromatic nitrogens is 2. The quantitative estimate of drug-likeness (QED) is 0.610. The molecule has 1 aromatic carbocycles. The first-order valence-electron chi connectivity index (χ1n) is 12.7. The third kappa shape index (κ3) is 5.91. The van der Waals surface area contributed by atoms with Gasteiger partial charge < -0.3 is 15.1 Å². The van der Waals surface area contributed by atoms with Gasteiger partial charge >= 0.3 is 0 Å². The molecule has 2 fully saturated rings. The van der Waals surface area contributed by atoms with Crippen molar-refractivity contribution in [3.63, 3.8) is 0 Å². The average Bonchev–Trinajstić information content (AvgIpc) is 3.09. The fourth-order valence-electron chi connectivity index (χ4n) is 5.09. The molecule has 2 aromatic rings. The molecule has 3 heterocycles. The Bertz CT molecular complexity index is 811. The Labute approximate surface area is 194 Å². The SMILES string of the molecule is CCN(CC)c1ccc(CN2CCCC2CNc2nccc(N3CCCCCC3)n2)cc1. The highest BCUT2D eigenvalue weighted by Gasteiger charge is 2.24. The molecular formula is C26H40N6. The molecular weight excluding hydrogens is 396 g/mol. The van der Waals surface area contributed by atoms with Crippen molar-refractivity contribution < 1.29 is 0 Å². The van der Waals surface area contributed by atoms with Crippen LogP contribution in [-0.4, -0.2) is 60.2 Å². The molecule has 6 heteroatoms. The second kappa shape index (κ2) is 11.5. The molecule has 0 spiro atoms. The molecule has 32 heavy (non-hydrogen) atoms. The van der Waals surface area contributed by atoms with Crippen LogP contribution < -0.4 is 15.1 Å². The predicted molar refractivity (Wildman–Crippen MR) is 135 cm³/mol. The van der Waals surface area contributed by atoms with Crippen LogP contribution in [0.25, 0.3) is 0 Å². The van der Waals surface area contributed by atoms with Gasteiger partial charge in [-0.05, 0) is 69.8 Å². The zero-order chi connectivity index (χ0) is 22.2. The first-order chi connectivity index (χ1) is 15.8. The lowest BCUT2D eigenvalue weighted by Crippen LogP contribution is -2.35. The molecule has 0 bridgehead atoms. The lowest BCUT2D eigenvalue weighted by atomic mass is 10.1. The minimum absolute atomic E-state index is 0.530. The Hall–Kier alpha value is -2.34. The van der Waals surface area contributed by atoms with Crippen LogP contribution in [0, 0.1) is 0 Å². The van der Waals surface area contributed by atoms with Crippen LogP contribution in [0.5, 0.6) is 0 Å². The summed E-state index contributed by atoms with van der Waals surface area (Å²) in [5, 5.41) is 3.54. The molecule has 6 nitrogen and oxygen atoms in total. The minimum atomic E-state index is 0.530. The summed E-state index contributed by atoms with van der Waals surface area (Å²) >= 11 is 0. The fourth-order valence-corrected chi connectivity index (χ4v) is 5.09. The number of hydrogen-bond donors (Lipinski definition) is 1. The van der Waals surface area contributed by atoms with Gasteiger partial charge in [0, 0.05) is 57.2 Å². The number of nitrogens with zero attached hydrogens (tertiary/aromatic N) is 5. The molecule has 4 rings (SSSR count). The molecule has 0 aliphatic carbocycles. The molecule has 0 saturated carbocycles. The van der Waals surface area contributed by atoms with Crippen molar-refractivity contribution in [2.75, 3.05) is 54.4 Å². The highest BCUT2D eigenvalue weighted by Crippen LogP contribution is 2.23. The number of hydrogen-bond acceptors (Lipinski definition) is 6. The van der Waals surface area contributed by atoms with E-state index >= 15 is 0 Å². The van der Waals surface area contributed by atoms with E-state index in [1.165, 1.54) is 56.3 Å². The Morgan fingerprint density at radius 3 is 2.41 bits per heavy atom. The summed E-state index contributed by atoms with van der Waals surface area (Å²) in [5.41, 5.74) is 2.71. The molecule has 1 unspecified atom stereocenters. The van der Waals surface area contributed by atoms with E-state index < -0.39 is 0 Å². The van der Waals surface area contributed by atoms with Crippen LogP contribution in [0.4, 0.5) is 17.5 Å². The third-order valence-corrected chi connectivity index (χ3v) is 7.02. The van der Waals surface area contributed by atoms with Crippen LogP contribution in [0.3, 0.4) is 0 Å². The van der Waals surface area contributed by atoms with E-state index in [-0.39, 0.29) is 0 Å². The molecule has 1 atom stereocenters. The van der Waals surface area contributed by atoms with E-state index in [1.807, 2.05) is 6.20 Å². The van der Waals surface area contributed by atoms with Gasteiger partial charge in [-0.15, -0.1) is 0 Å². The highest BCUT2D eigenvalue weighted by molar-refractivity contribution is 5.47. The summed E-state index contributed by atoms with van der Waals surface area (Å²) in [4.78, 5) is 16.8. The van der Waals surface area contributed by atoms with Gasteiger partial charge in [-0.1, -0.05) is 25.0 Å². The maximum absolute atomic E-state index is 4.83. The average molecular weight is 437 g/mol. The summed E-state index contributed by atoms with van der Waals surface area (Å²) < 4.78 is 0. The van der Waals surface area contributed by atoms with Gasteiger partial charge in [0.05, 0.1) is 0 Å². The van der Waals surface area contributed by atoms with Crippen molar-refractivity contribution in [3.8, 4) is 0 Å². The summed E-state index contributed by atoms with van der Waals surface area (Å²) in [7, 11) is 0. The van der Waals surface area contributed by atoms with E-state index in [4.69, 9.17) is 4.98 Å². The standard InChI is InChI=1S/C26H40N6/c1-3-30(4-2)23-13-11-22(12-14-23)21-32-19-9-10-24(32)20-28-26-27-16-15-25(29-26)31-17-7-5-6-8-18-31/h11-16,24H,3-10,17-21H2,1-2H3,(H,27,28,29). The van der Waals surface area contributed by atoms with Crippen LogP contribution in [-0.2, 0) is 6.54 Å². The molecule has 2 aliphatic rings. The lowest BCUT2D eigenvalue weighted by molar-refractivity contribution is 0.254. The Kier molecular flexibility index (Phi) is 8.21. The van der Waals surface area contributed by atoms with E-state index in [0.29, 0.717) is 6.04 Å². The molecule has 2 aliphatic heterocycles. The maximum Gasteiger partial charge on any atom is 0.224 e. The maximum atomic E-state index is 4.83. The van der Waals surface area contributed by atoms with Crippen molar-refractivity contribution >= 4 is 17.5 Å². The zero-order valence-electron chi connectivity index (χ0n) is 20.0. The van der Waals surface area contributed by atoms with Crippen molar-refractivity contribution in [3.05, 3.63) is 42.1 Å². The van der Waals surface area contributed by atoms with Crippen molar-refractivity contribution in [1.29, 1.82) is 0 Å². The summed E-state index contributed by atoms with van der Waals surface area (Å²) in [5.74, 6) is 1.84. The lowest BCUT2D eigenvalue weighted by Gasteiger charge is -2.26. The summed E-state index contributed by atoms with van der Waals surface area (Å²) in [6, 6.07) is 11.7. The normalized spacial score (nSPS) is 19.7. The van der Waals surface area contributed by atoms with Crippen LogP contribution >= 0.6 is 0 Å². The first kappa shape index (κ1) is 22.8. The third-order valence-electron chi connectivity index (χ3n) is 7.02. The van der Waals surface area contributed by atoms with Crippen LogP contribution in [0.15, 0.2) is 36.5 Å². The molecule has 0 amide bonds. The largest absolute Gasteiger partial charge is 0.372 e. The smallest absolute Gasteiger partial charge is 0.224 e. The first-order valence-corrected chi connectivity index (χ1v) is 12.7. The number of rotatable bonds is 9. The van der Waals surface area contributed by atoms with E-state index in [0.717, 1.165) is 51.0 Å². The Balaban J connectivity index is 1.32.